The van der Waals surface area contributed by atoms with Crippen LogP contribution in [0.5, 0.6) is 0 Å². The summed E-state index contributed by atoms with van der Waals surface area (Å²) in [6.45, 7) is 5.59. The molecule has 4 fully saturated rings. The Morgan fingerprint density at radius 1 is 0.911 bits per heavy atom. The number of ether oxygens (including phenoxy) is 5. The van der Waals surface area contributed by atoms with Crippen LogP contribution < -0.4 is 0 Å². The summed E-state index contributed by atoms with van der Waals surface area (Å²) in [4.78, 5) is 22.4. The van der Waals surface area contributed by atoms with Gasteiger partial charge in [0.25, 0.3) is 0 Å². The van der Waals surface area contributed by atoms with E-state index < -0.39 is 93.0 Å². The minimum atomic E-state index is -1.63. The summed E-state index contributed by atoms with van der Waals surface area (Å²) in [7, 11) is 0. The number of aliphatic hydroxyl groups is 7. The maximum atomic E-state index is 11.7. The topological polar surface area (TPSA) is 242 Å². The summed E-state index contributed by atoms with van der Waals surface area (Å²) in [6.07, 6.45) is -9.87. The fraction of sp³-hybridized carbons (Fsp3) is 0.933. The van der Waals surface area contributed by atoms with Crippen LogP contribution in [0.2, 0.25) is 0 Å². The molecule has 2 heterocycles. The summed E-state index contributed by atoms with van der Waals surface area (Å²) < 4.78 is 28.1. The summed E-state index contributed by atoms with van der Waals surface area (Å²) in [5.41, 5.74) is -0.375. The number of aliphatic hydroxyl groups excluding tert-OH is 7. The van der Waals surface area contributed by atoms with Crippen LogP contribution in [0.25, 0.3) is 0 Å². The third-order valence-corrected chi connectivity index (χ3v) is 10.9. The monoisotopic (exact) mass is 650 g/mol. The maximum Gasteiger partial charge on any atom is 0.317 e. The summed E-state index contributed by atoms with van der Waals surface area (Å²) in [5, 5.41) is 79.8. The van der Waals surface area contributed by atoms with Crippen LogP contribution in [-0.2, 0) is 33.3 Å². The zero-order chi connectivity index (χ0) is 33.3. The molecule has 0 aromatic carbocycles. The quantitative estimate of drug-likeness (QED) is 0.0800. The van der Waals surface area contributed by atoms with Crippen molar-refractivity contribution in [3.05, 3.63) is 0 Å². The van der Waals surface area contributed by atoms with Crippen molar-refractivity contribution in [1.29, 1.82) is 0 Å². The average molecular weight is 651 g/mol. The van der Waals surface area contributed by atoms with E-state index >= 15 is 0 Å². The van der Waals surface area contributed by atoms with Crippen LogP contribution >= 0.6 is 0 Å². The van der Waals surface area contributed by atoms with Gasteiger partial charge in [-0.15, -0.1) is 0 Å². The molecule has 0 amide bonds. The molecule has 0 aromatic heterocycles. The molecule has 15 heteroatoms. The first kappa shape index (κ1) is 36.3. The Balaban J connectivity index is 1.29. The van der Waals surface area contributed by atoms with E-state index in [0.29, 0.717) is 12.3 Å². The summed E-state index contributed by atoms with van der Waals surface area (Å²) in [5.74, 6) is -1.97. The van der Waals surface area contributed by atoms with Gasteiger partial charge >= 0.3 is 11.9 Å². The van der Waals surface area contributed by atoms with Crippen molar-refractivity contribution in [3.8, 4) is 0 Å². The Morgan fingerprint density at radius 3 is 2.18 bits per heavy atom. The Kier molecular flexibility index (Phi) is 11.9. The van der Waals surface area contributed by atoms with Gasteiger partial charge in [0.05, 0.1) is 19.3 Å². The third-order valence-electron chi connectivity index (χ3n) is 10.9. The number of hydrogen-bond acceptors (Lipinski definition) is 14. The van der Waals surface area contributed by atoms with Crippen LogP contribution in [-0.4, -0.2) is 140 Å². The lowest BCUT2D eigenvalue weighted by Crippen LogP contribution is -2.60. The van der Waals surface area contributed by atoms with E-state index in [1.54, 1.807) is 0 Å². The number of esters is 1. The second kappa shape index (κ2) is 14.7. The molecule has 15 atom stereocenters. The van der Waals surface area contributed by atoms with E-state index in [0.717, 1.165) is 32.1 Å². The van der Waals surface area contributed by atoms with E-state index in [1.165, 1.54) is 0 Å². The normalized spacial score (nSPS) is 45.4. The Morgan fingerprint density at radius 2 is 1.53 bits per heavy atom. The standard InChI is InChI=1S/C30H50O15/c1-14(12-42-27-25(39)23(37)21(35)16(11-31)43-27)5-4-7-29(2)15-6-8-30(29,3)18(9-15)45-28-26(40)24(38)22(36)17(44-28)13-41-20(34)10-19(32)33/h14-18,21-28,31,35-40H,4-13H2,1-3H3,(H,32,33). The summed E-state index contributed by atoms with van der Waals surface area (Å²) in [6, 6.07) is 0. The number of carboxylic acid groups (broad SMARTS) is 1. The fourth-order valence-electron chi connectivity index (χ4n) is 7.71. The van der Waals surface area contributed by atoms with Crippen molar-refractivity contribution in [1.82, 2.24) is 0 Å². The molecule has 15 nitrogen and oxygen atoms in total. The van der Waals surface area contributed by atoms with Crippen molar-refractivity contribution in [2.24, 2.45) is 22.7 Å². The predicted octanol–water partition coefficient (Wildman–Crippen LogP) is -1.35. The second-order valence-corrected chi connectivity index (χ2v) is 13.7. The van der Waals surface area contributed by atoms with E-state index in [1.807, 2.05) is 6.92 Å². The fourth-order valence-corrected chi connectivity index (χ4v) is 7.71. The number of hydrogen-bond donors (Lipinski definition) is 8. The van der Waals surface area contributed by atoms with Gasteiger partial charge in [-0.2, -0.15) is 0 Å². The molecule has 2 aliphatic carbocycles. The molecule has 0 radical (unpaired) electrons. The molecule has 8 N–H and O–H groups in total. The average Bonchev–Trinajstić information content (AvgIpc) is 3.35. The molecule has 45 heavy (non-hydrogen) atoms. The van der Waals surface area contributed by atoms with Gasteiger partial charge in [-0.05, 0) is 54.8 Å². The van der Waals surface area contributed by atoms with Crippen LogP contribution in [0.15, 0.2) is 0 Å². The molecule has 2 saturated heterocycles. The minimum absolute atomic E-state index is 0.0834. The molecular formula is C30H50O15. The van der Waals surface area contributed by atoms with Gasteiger partial charge in [0.1, 0.15) is 61.9 Å². The second-order valence-electron chi connectivity index (χ2n) is 13.7. The van der Waals surface area contributed by atoms with E-state index in [4.69, 9.17) is 28.8 Å². The van der Waals surface area contributed by atoms with Crippen molar-refractivity contribution in [3.63, 3.8) is 0 Å². The molecule has 15 unspecified atom stereocenters. The number of aliphatic carboxylic acids is 1. The third kappa shape index (κ3) is 7.49. The van der Waals surface area contributed by atoms with Crippen molar-refractivity contribution in [2.45, 2.75) is 133 Å². The van der Waals surface area contributed by atoms with Crippen molar-refractivity contribution < 1.29 is 74.1 Å². The van der Waals surface area contributed by atoms with Gasteiger partial charge < -0.3 is 64.5 Å². The highest BCUT2D eigenvalue weighted by molar-refractivity contribution is 5.90. The van der Waals surface area contributed by atoms with Gasteiger partial charge in [0.15, 0.2) is 12.6 Å². The molecule has 260 valence electrons. The first-order chi connectivity index (χ1) is 21.1. The van der Waals surface area contributed by atoms with E-state index in [9.17, 15) is 45.3 Å². The first-order valence-corrected chi connectivity index (χ1v) is 15.8. The molecule has 4 aliphatic rings. The van der Waals surface area contributed by atoms with Gasteiger partial charge in [-0.1, -0.05) is 27.2 Å². The molecule has 0 aromatic rings. The van der Waals surface area contributed by atoms with E-state index in [-0.39, 0.29) is 29.5 Å². The number of fused-ring (bicyclic) bond motifs is 2. The zero-order valence-electron chi connectivity index (χ0n) is 26.0. The molecule has 2 saturated carbocycles. The molecule has 4 rings (SSSR count). The Bertz CT molecular complexity index is 1010. The van der Waals surface area contributed by atoms with Crippen LogP contribution in [0, 0.1) is 22.7 Å². The highest BCUT2D eigenvalue weighted by Gasteiger charge is 2.64. The number of carboxylic acids is 1. The van der Waals surface area contributed by atoms with Gasteiger partial charge in [-0.3, -0.25) is 9.59 Å². The van der Waals surface area contributed by atoms with E-state index in [2.05, 4.69) is 13.8 Å². The largest absolute Gasteiger partial charge is 0.481 e. The Hall–Kier alpha value is -1.50. The van der Waals surface area contributed by atoms with Gasteiger partial charge in [-0.25, -0.2) is 0 Å². The molecule has 2 aliphatic heterocycles. The zero-order valence-corrected chi connectivity index (χ0v) is 26.0. The lowest BCUT2D eigenvalue weighted by Gasteiger charge is -2.45. The minimum Gasteiger partial charge on any atom is -0.481 e. The van der Waals surface area contributed by atoms with Crippen molar-refractivity contribution in [2.75, 3.05) is 19.8 Å². The predicted molar refractivity (Wildman–Crippen MR) is 151 cm³/mol. The highest BCUT2D eigenvalue weighted by Crippen LogP contribution is 2.68. The SMILES string of the molecule is CC(CCCC1(C)C2CCC1(C)C(OC1OC(COC(=O)CC(=O)O)C(O)C(O)C1O)C2)COC1OC(CO)C(O)C(O)C1O. The Labute approximate surface area is 262 Å². The first-order valence-electron chi connectivity index (χ1n) is 15.8. The van der Waals surface area contributed by atoms with Crippen LogP contribution in [0.3, 0.4) is 0 Å². The number of carbonyl (C=O) groups is 2. The lowest BCUT2D eigenvalue weighted by molar-refractivity contribution is -0.320. The molecule has 0 spiro atoms. The van der Waals surface area contributed by atoms with Gasteiger partial charge in [0.2, 0.25) is 0 Å². The maximum absolute atomic E-state index is 11.7. The molecule has 2 bridgehead atoms. The smallest absolute Gasteiger partial charge is 0.317 e. The lowest BCUT2D eigenvalue weighted by atomic mass is 9.65. The van der Waals surface area contributed by atoms with Crippen LogP contribution in [0.1, 0.15) is 65.7 Å². The number of carbonyl (C=O) groups excluding carboxylic acids is 1. The highest BCUT2D eigenvalue weighted by atomic mass is 16.7. The molecular weight excluding hydrogens is 600 g/mol. The van der Waals surface area contributed by atoms with Crippen molar-refractivity contribution >= 4 is 11.9 Å². The summed E-state index contributed by atoms with van der Waals surface area (Å²) >= 11 is 0. The number of rotatable bonds is 14. The van der Waals surface area contributed by atoms with Crippen LogP contribution in [0.4, 0.5) is 0 Å². The van der Waals surface area contributed by atoms with Gasteiger partial charge in [0, 0.05) is 0 Å².